The van der Waals surface area contributed by atoms with Crippen LogP contribution in [0.15, 0.2) is 54.6 Å². The van der Waals surface area contributed by atoms with Crippen LogP contribution in [0.4, 0.5) is 11.4 Å². The number of carbonyl (C=O) groups excluding carboxylic acids is 1. The minimum absolute atomic E-state index is 0.106. The van der Waals surface area contributed by atoms with Gasteiger partial charge >= 0.3 is 5.97 Å². The summed E-state index contributed by atoms with van der Waals surface area (Å²) in [7, 11) is 4.23. The number of ether oxygens (including phenoxy) is 4. The van der Waals surface area contributed by atoms with E-state index in [0.717, 1.165) is 6.07 Å². The summed E-state index contributed by atoms with van der Waals surface area (Å²) in [6.45, 7) is 0. The van der Waals surface area contributed by atoms with Gasteiger partial charge in [0, 0.05) is 6.07 Å². The standard InChI is InChI=1S/C24H20N2O9/c1-32-20-5-4-6-21(33-2)23(20)24(27)35-19-12-8-15(13-22(19)34-3)7-9-16-10-11-17(25(28)29)14-18(16)26(30)31/h4-14H,1-3H3/b9-7+. The number of methoxy groups -OCH3 is 3. The van der Waals surface area contributed by atoms with Crippen molar-refractivity contribution in [1.82, 2.24) is 0 Å². The Morgan fingerprint density at radius 1 is 0.771 bits per heavy atom. The molecule has 0 bridgehead atoms. The van der Waals surface area contributed by atoms with Crippen LogP contribution in [-0.2, 0) is 0 Å². The quantitative estimate of drug-likeness (QED) is 0.137. The lowest BCUT2D eigenvalue weighted by molar-refractivity contribution is -0.394. The molecule has 3 rings (SSSR count). The van der Waals surface area contributed by atoms with Gasteiger partial charge in [0.05, 0.1) is 42.8 Å². The van der Waals surface area contributed by atoms with Gasteiger partial charge in [-0.2, -0.15) is 0 Å². The highest BCUT2D eigenvalue weighted by Gasteiger charge is 2.22. The summed E-state index contributed by atoms with van der Waals surface area (Å²) in [4.78, 5) is 33.7. The number of nitro groups is 2. The Morgan fingerprint density at radius 2 is 1.43 bits per heavy atom. The van der Waals surface area contributed by atoms with E-state index in [2.05, 4.69) is 0 Å². The highest BCUT2D eigenvalue weighted by Crippen LogP contribution is 2.34. The first kappa shape index (κ1) is 24.7. The van der Waals surface area contributed by atoms with Crippen LogP contribution < -0.4 is 18.9 Å². The zero-order valence-electron chi connectivity index (χ0n) is 18.9. The molecule has 0 amide bonds. The minimum atomic E-state index is -0.720. The van der Waals surface area contributed by atoms with Crippen LogP contribution in [-0.4, -0.2) is 37.1 Å². The number of rotatable bonds is 9. The molecule has 11 heteroatoms. The van der Waals surface area contributed by atoms with Crippen molar-refractivity contribution in [3.63, 3.8) is 0 Å². The largest absolute Gasteiger partial charge is 0.496 e. The maximum absolute atomic E-state index is 12.9. The van der Waals surface area contributed by atoms with Crippen LogP contribution in [0.25, 0.3) is 12.2 Å². The van der Waals surface area contributed by atoms with Gasteiger partial charge in [-0.25, -0.2) is 4.79 Å². The minimum Gasteiger partial charge on any atom is -0.496 e. The first-order valence-electron chi connectivity index (χ1n) is 10.0. The molecule has 0 heterocycles. The fraction of sp³-hybridized carbons (Fsp3) is 0.125. The van der Waals surface area contributed by atoms with Crippen molar-refractivity contribution in [2.45, 2.75) is 0 Å². The van der Waals surface area contributed by atoms with E-state index in [1.54, 1.807) is 36.4 Å². The second-order valence-corrected chi connectivity index (χ2v) is 6.93. The van der Waals surface area contributed by atoms with Crippen molar-refractivity contribution in [3.8, 4) is 23.0 Å². The van der Waals surface area contributed by atoms with E-state index in [1.807, 2.05) is 0 Å². The van der Waals surface area contributed by atoms with E-state index in [0.29, 0.717) is 5.56 Å². The third-order valence-electron chi connectivity index (χ3n) is 4.90. The third kappa shape index (κ3) is 5.53. The zero-order chi connectivity index (χ0) is 25.5. The topological polar surface area (TPSA) is 140 Å². The predicted octanol–water partition coefficient (Wildman–Crippen LogP) is 4.92. The average Bonchev–Trinajstić information content (AvgIpc) is 2.86. The van der Waals surface area contributed by atoms with Crippen molar-refractivity contribution in [1.29, 1.82) is 0 Å². The van der Waals surface area contributed by atoms with Gasteiger partial charge in [-0.1, -0.05) is 18.2 Å². The van der Waals surface area contributed by atoms with Crippen molar-refractivity contribution in [2.75, 3.05) is 21.3 Å². The number of esters is 1. The molecule has 0 saturated carbocycles. The van der Waals surface area contributed by atoms with Crippen molar-refractivity contribution < 1.29 is 33.6 Å². The first-order valence-corrected chi connectivity index (χ1v) is 10.0. The van der Waals surface area contributed by atoms with Crippen molar-refractivity contribution >= 4 is 29.5 Å². The molecule has 0 unspecified atom stereocenters. The number of carbonyl (C=O) groups is 1. The van der Waals surface area contributed by atoms with Gasteiger partial charge in [0.1, 0.15) is 17.1 Å². The molecule has 0 N–H and O–H groups in total. The molecular formula is C24H20N2O9. The first-order chi connectivity index (χ1) is 16.8. The fourth-order valence-corrected chi connectivity index (χ4v) is 3.21. The van der Waals surface area contributed by atoms with E-state index < -0.39 is 21.5 Å². The Balaban J connectivity index is 1.89. The van der Waals surface area contributed by atoms with E-state index >= 15 is 0 Å². The normalized spacial score (nSPS) is 10.6. The maximum atomic E-state index is 12.9. The summed E-state index contributed by atoms with van der Waals surface area (Å²) in [5.74, 6) is 0.189. The van der Waals surface area contributed by atoms with Crippen LogP contribution >= 0.6 is 0 Å². The third-order valence-corrected chi connectivity index (χ3v) is 4.90. The molecule has 0 spiro atoms. The van der Waals surface area contributed by atoms with Crippen LogP contribution in [0.5, 0.6) is 23.0 Å². The van der Waals surface area contributed by atoms with E-state index in [9.17, 15) is 25.0 Å². The lowest BCUT2D eigenvalue weighted by Crippen LogP contribution is -2.12. The highest BCUT2D eigenvalue weighted by atomic mass is 16.6. The SMILES string of the molecule is COc1cc(/C=C/c2ccc([N+](=O)[O-])cc2[N+](=O)[O-])ccc1OC(=O)c1c(OC)cccc1OC. The molecule has 35 heavy (non-hydrogen) atoms. The summed E-state index contributed by atoms with van der Waals surface area (Å²) in [5, 5.41) is 22.2. The van der Waals surface area contributed by atoms with Crippen molar-refractivity contribution in [3.05, 3.63) is 91.5 Å². The number of hydrogen-bond donors (Lipinski definition) is 0. The van der Waals surface area contributed by atoms with Crippen LogP contribution in [0.1, 0.15) is 21.5 Å². The monoisotopic (exact) mass is 480 g/mol. The Labute approximate surface area is 199 Å². The van der Waals surface area contributed by atoms with Gasteiger partial charge in [-0.15, -0.1) is 0 Å². The number of non-ortho nitro benzene ring substituents is 1. The summed E-state index contributed by atoms with van der Waals surface area (Å²) in [6, 6.07) is 12.9. The molecule has 0 radical (unpaired) electrons. The molecule has 0 aromatic heterocycles. The van der Waals surface area contributed by atoms with E-state index in [-0.39, 0.29) is 39.8 Å². The number of nitrogens with zero attached hydrogens (tertiary/aromatic N) is 2. The summed E-state index contributed by atoms with van der Waals surface area (Å²) < 4.78 is 21.3. The van der Waals surface area contributed by atoms with Gasteiger partial charge in [-0.3, -0.25) is 20.2 Å². The van der Waals surface area contributed by atoms with E-state index in [1.165, 1.54) is 45.6 Å². The summed E-state index contributed by atoms with van der Waals surface area (Å²) >= 11 is 0. The Hall–Kier alpha value is -4.93. The van der Waals surface area contributed by atoms with Crippen LogP contribution in [0.3, 0.4) is 0 Å². The summed E-state index contributed by atoms with van der Waals surface area (Å²) in [6.07, 6.45) is 3.01. The molecular weight excluding hydrogens is 460 g/mol. The molecule has 180 valence electrons. The Kier molecular flexibility index (Phi) is 7.62. The molecule has 11 nitrogen and oxygen atoms in total. The van der Waals surface area contributed by atoms with E-state index in [4.69, 9.17) is 18.9 Å². The lowest BCUT2D eigenvalue weighted by Gasteiger charge is -2.14. The second kappa shape index (κ2) is 10.8. The maximum Gasteiger partial charge on any atom is 0.351 e. The number of nitro benzene ring substituents is 2. The lowest BCUT2D eigenvalue weighted by atomic mass is 10.1. The highest BCUT2D eigenvalue weighted by molar-refractivity contribution is 5.97. The van der Waals surface area contributed by atoms with Gasteiger partial charge < -0.3 is 18.9 Å². The average molecular weight is 480 g/mol. The van der Waals surface area contributed by atoms with Crippen LogP contribution in [0, 0.1) is 20.2 Å². The Morgan fingerprint density at radius 3 is 2.00 bits per heavy atom. The smallest absolute Gasteiger partial charge is 0.351 e. The Bertz CT molecular complexity index is 1300. The zero-order valence-corrected chi connectivity index (χ0v) is 18.9. The second-order valence-electron chi connectivity index (χ2n) is 6.93. The van der Waals surface area contributed by atoms with Gasteiger partial charge in [0.15, 0.2) is 11.5 Å². The number of hydrogen-bond acceptors (Lipinski definition) is 9. The molecule has 0 aliphatic heterocycles. The molecule has 3 aromatic carbocycles. The number of benzene rings is 3. The molecule has 0 fully saturated rings. The molecule has 3 aromatic rings. The van der Waals surface area contributed by atoms with Gasteiger partial charge in [0.2, 0.25) is 0 Å². The fourth-order valence-electron chi connectivity index (χ4n) is 3.21. The molecule has 0 atom stereocenters. The summed E-state index contributed by atoms with van der Waals surface area (Å²) in [5.41, 5.74) is 0.0728. The van der Waals surface area contributed by atoms with Crippen LogP contribution in [0.2, 0.25) is 0 Å². The van der Waals surface area contributed by atoms with Crippen molar-refractivity contribution in [2.24, 2.45) is 0 Å². The molecule has 0 saturated heterocycles. The molecule has 0 aliphatic carbocycles. The predicted molar refractivity (Wildman–Crippen MR) is 126 cm³/mol. The van der Waals surface area contributed by atoms with Gasteiger partial charge in [-0.05, 0) is 42.0 Å². The molecule has 0 aliphatic rings. The van der Waals surface area contributed by atoms with Gasteiger partial charge in [0.25, 0.3) is 11.4 Å².